The molecule has 1 aliphatic heterocycles. The molecule has 23 heavy (non-hydrogen) atoms. The van der Waals surface area contributed by atoms with Gasteiger partial charge < -0.3 is 10.6 Å². The predicted molar refractivity (Wildman–Crippen MR) is 80.8 cm³/mol. The van der Waals surface area contributed by atoms with E-state index < -0.39 is 22.6 Å². The maximum absolute atomic E-state index is 14.1. The third-order valence-electron chi connectivity index (χ3n) is 3.83. The first kappa shape index (κ1) is 15.6. The van der Waals surface area contributed by atoms with Gasteiger partial charge in [0, 0.05) is 6.54 Å². The Kier molecular flexibility index (Phi) is 4.12. The fourth-order valence-corrected chi connectivity index (χ4v) is 2.86. The Labute approximate surface area is 136 Å². The molecule has 1 atom stereocenters. The average molecular weight is 339 g/mol. The Balaban J connectivity index is 1.92. The molecule has 3 rings (SSSR count). The van der Waals surface area contributed by atoms with Gasteiger partial charge in [-0.05, 0) is 37.1 Å². The monoisotopic (exact) mass is 338 g/mol. The molecule has 1 fully saturated rings. The van der Waals surface area contributed by atoms with Gasteiger partial charge in [-0.15, -0.1) is 5.10 Å². The van der Waals surface area contributed by atoms with Crippen molar-refractivity contribution in [1.29, 1.82) is 0 Å². The van der Waals surface area contributed by atoms with E-state index in [1.165, 1.54) is 4.90 Å². The van der Waals surface area contributed by atoms with Gasteiger partial charge in [-0.2, -0.15) is 5.10 Å². The standard InChI is InChI=1S/C15H13ClF2N4O/c16-13-9(17)4-3-8(14(13)18)15(23)22-7-1-2-11(22)10-5-6-12(19)21-20-10/h3-6,11H,1-2,7H2,(H2,19,21). The van der Waals surface area contributed by atoms with Crippen molar-refractivity contribution in [2.24, 2.45) is 0 Å². The molecule has 1 aromatic carbocycles. The summed E-state index contributed by atoms with van der Waals surface area (Å²) in [6.45, 7) is 0.448. The minimum Gasteiger partial charge on any atom is -0.382 e. The molecule has 5 nitrogen and oxygen atoms in total. The lowest BCUT2D eigenvalue weighted by Gasteiger charge is -2.24. The van der Waals surface area contributed by atoms with Gasteiger partial charge in [-0.3, -0.25) is 4.79 Å². The Morgan fingerprint density at radius 3 is 2.74 bits per heavy atom. The maximum Gasteiger partial charge on any atom is 0.257 e. The van der Waals surface area contributed by atoms with Crippen LogP contribution in [-0.2, 0) is 0 Å². The van der Waals surface area contributed by atoms with Crippen molar-refractivity contribution >= 4 is 23.3 Å². The topological polar surface area (TPSA) is 72.1 Å². The van der Waals surface area contributed by atoms with E-state index in [0.29, 0.717) is 18.7 Å². The predicted octanol–water partition coefficient (Wildman–Crippen LogP) is 2.97. The summed E-state index contributed by atoms with van der Waals surface area (Å²) in [7, 11) is 0. The van der Waals surface area contributed by atoms with E-state index in [1.54, 1.807) is 12.1 Å². The van der Waals surface area contributed by atoms with E-state index in [0.717, 1.165) is 18.6 Å². The molecule has 2 heterocycles. The number of nitrogens with two attached hydrogens (primary N) is 1. The van der Waals surface area contributed by atoms with Crippen LogP contribution in [0.1, 0.15) is 34.9 Å². The second kappa shape index (κ2) is 6.08. The fraction of sp³-hybridized carbons (Fsp3) is 0.267. The maximum atomic E-state index is 14.1. The van der Waals surface area contributed by atoms with Crippen molar-refractivity contribution in [2.75, 3.05) is 12.3 Å². The van der Waals surface area contributed by atoms with E-state index in [9.17, 15) is 13.6 Å². The molecule has 2 aromatic rings. The van der Waals surface area contributed by atoms with Crippen LogP contribution < -0.4 is 5.73 Å². The second-order valence-corrected chi connectivity index (χ2v) is 5.64. The van der Waals surface area contributed by atoms with E-state index >= 15 is 0 Å². The van der Waals surface area contributed by atoms with Crippen LogP contribution in [0.3, 0.4) is 0 Å². The van der Waals surface area contributed by atoms with Gasteiger partial charge in [0.15, 0.2) is 5.82 Å². The van der Waals surface area contributed by atoms with Crippen molar-refractivity contribution in [1.82, 2.24) is 15.1 Å². The number of amides is 1. The number of anilines is 1. The van der Waals surface area contributed by atoms with E-state index in [1.807, 2.05) is 0 Å². The highest BCUT2D eigenvalue weighted by Crippen LogP contribution is 2.33. The quantitative estimate of drug-likeness (QED) is 0.854. The SMILES string of the molecule is Nc1ccc(C2CCCN2C(=O)c2ccc(F)c(Cl)c2F)nn1. The highest BCUT2D eigenvalue weighted by Gasteiger charge is 2.33. The first-order chi connectivity index (χ1) is 11.0. The molecule has 0 spiro atoms. The van der Waals surface area contributed by atoms with Gasteiger partial charge in [-0.1, -0.05) is 11.6 Å². The highest BCUT2D eigenvalue weighted by molar-refractivity contribution is 6.31. The van der Waals surface area contributed by atoms with E-state index in [4.69, 9.17) is 17.3 Å². The number of benzene rings is 1. The van der Waals surface area contributed by atoms with Crippen molar-refractivity contribution in [3.63, 3.8) is 0 Å². The zero-order valence-corrected chi connectivity index (χ0v) is 12.7. The zero-order chi connectivity index (χ0) is 16.6. The third kappa shape index (κ3) is 2.84. The Morgan fingerprint density at radius 2 is 2.04 bits per heavy atom. The summed E-state index contributed by atoms with van der Waals surface area (Å²) < 4.78 is 27.3. The summed E-state index contributed by atoms with van der Waals surface area (Å²) in [4.78, 5) is 14.1. The van der Waals surface area contributed by atoms with Crippen LogP contribution in [-0.4, -0.2) is 27.5 Å². The molecule has 0 bridgehead atoms. The molecular formula is C15H13ClF2N4O. The largest absolute Gasteiger partial charge is 0.382 e. The van der Waals surface area contributed by atoms with Crippen molar-refractivity contribution in [3.05, 3.63) is 52.2 Å². The number of hydrogen-bond acceptors (Lipinski definition) is 4. The molecule has 120 valence electrons. The van der Waals surface area contributed by atoms with Gasteiger partial charge in [0.1, 0.15) is 16.7 Å². The zero-order valence-electron chi connectivity index (χ0n) is 12.0. The number of nitrogen functional groups attached to an aromatic ring is 1. The molecular weight excluding hydrogens is 326 g/mol. The number of likely N-dealkylation sites (tertiary alicyclic amines) is 1. The van der Waals surface area contributed by atoms with Gasteiger partial charge >= 0.3 is 0 Å². The minimum atomic E-state index is -1.05. The lowest BCUT2D eigenvalue weighted by atomic mass is 10.1. The Hall–Kier alpha value is -2.28. The average Bonchev–Trinajstić information content (AvgIpc) is 3.02. The normalized spacial score (nSPS) is 17.5. The van der Waals surface area contributed by atoms with E-state index in [2.05, 4.69) is 10.2 Å². The summed E-state index contributed by atoms with van der Waals surface area (Å²) in [5, 5.41) is 7.09. The first-order valence-corrected chi connectivity index (χ1v) is 7.40. The summed E-state index contributed by atoms with van der Waals surface area (Å²) in [6.07, 6.45) is 1.43. The van der Waals surface area contributed by atoms with Crippen molar-refractivity contribution < 1.29 is 13.6 Å². The molecule has 1 aliphatic rings. The van der Waals surface area contributed by atoms with Crippen LogP contribution in [0.15, 0.2) is 24.3 Å². The van der Waals surface area contributed by atoms with Crippen molar-refractivity contribution in [3.8, 4) is 0 Å². The van der Waals surface area contributed by atoms with E-state index in [-0.39, 0.29) is 17.4 Å². The molecule has 1 aromatic heterocycles. The molecule has 0 aliphatic carbocycles. The molecule has 8 heteroatoms. The number of halogens is 3. The van der Waals surface area contributed by atoms with Gasteiger partial charge in [0.2, 0.25) is 0 Å². The molecule has 1 amide bonds. The summed E-state index contributed by atoms with van der Waals surface area (Å²) in [5.74, 6) is -2.22. The van der Waals surface area contributed by atoms with Crippen LogP contribution in [0.4, 0.5) is 14.6 Å². The Morgan fingerprint density at radius 1 is 1.26 bits per heavy atom. The molecule has 0 radical (unpaired) electrons. The number of carbonyl (C=O) groups is 1. The smallest absolute Gasteiger partial charge is 0.257 e. The summed E-state index contributed by atoms with van der Waals surface area (Å²) in [5.41, 5.74) is 5.83. The number of carbonyl (C=O) groups excluding carboxylic acids is 1. The second-order valence-electron chi connectivity index (χ2n) is 5.26. The molecule has 1 unspecified atom stereocenters. The Bertz CT molecular complexity index is 754. The summed E-state index contributed by atoms with van der Waals surface area (Å²) >= 11 is 5.55. The lowest BCUT2D eigenvalue weighted by molar-refractivity contribution is 0.0727. The number of rotatable bonds is 2. The van der Waals surface area contributed by atoms with Crippen LogP contribution in [0.5, 0.6) is 0 Å². The van der Waals surface area contributed by atoms with Gasteiger partial charge in [-0.25, -0.2) is 8.78 Å². The first-order valence-electron chi connectivity index (χ1n) is 7.02. The van der Waals surface area contributed by atoms with Crippen LogP contribution in [0, 0.1) is 11.6 Å². The highest BCUT2D eigenvalue weighted by atomic mass is 35.5. The number of hydrogen-bond donors (Lipinski definition) is 1. The molecule has 2 N–H and O–H groups in total. The number of aromatic nitrogens is 2. The number of nitrogens with zero attached hydrogens (tertiary/aromatic N) is 3. The minimum absolute atomic E-state index is 0.258. The fourth-order valence-electron chi connectivity index (χ4n) is 2.69. The van der Waals surface area contributed by atoms with Crippen LogP contribution >= 0.6 is 11.6 Å². The van der Waals surface area contributed by atoms with Gasteiger partial charge in [0.05, 0.1) is 17.3 Å². The molecule has 1 saturated heterocycles. The molecule has 0 saturated carbocycles. The van der Waals surface area contributed by atoms with Crippen LogP contribution in [0.2, 0.25) is 5.02 Å². The van der Waals surface area contributed by atoms with Crippen molar-refractivity contribution in [2.45, 2.75) is 18.9 Å². The van der Waals surface area contributed by atoms with Crippen LogP contribution in [0.25, 0.3) is 0 Å². The third-order valence-corrected chi connectivity index (χ3v) is 4.17. The lowest BCUT2D eigenvalue weighted by Crippen LogP contribution is -2.31. The van der Waals surface area contributed by atoms with Gasteiger partial charge in [0.25, 0.3) is 5.91 Å². The summed E-state index contributed by atoms with van der Waals surface area (Å²) in [6, 6.07) is 5.04.